The van der Waals surface area contributed by atoms with Crippen LogP contribution in [0.1, 0.15) is 68.9 Å². The Morgan fingerprint density at radius 3 is 2.88 bits per heavy atom. The van der Waals surface area contributed by atoms with Gasteiger partial charge in [0.15, 0.2) is 0 Å². The van der Waals surface area contributed by atoms with Gasteiger partial charge < -0.3 is 10.2 Å². The van der Waals surface area contributed by atoms with Crippen molar-refractivity contribution in [1.29, 1.82) is 0 Å². The van der Waals surface area contributed by atoms with Gasteiger partial charge in [0.05, 0.1) is 0 Å². The van der Waals surface area contributed by atoms with Crippen molar-refractivity contribution >= 4 is 11.8 Å². The van der Waals surface area contributed by atoms with Gasteiger partial charge in [0.2, 0.25) is 0 Å². The fourth-order valence-corrected chi connectivity index (χ4v) is 6.41. The number of ketones is 1. The number of aromatic hydroxyl groups is 1. The van der Waals surface area contributed by atoms with Crippen molar-refractivity contribution in [2.45, 2.75) is 64.2 Å². The van der Waals surface area contributed by atoms with Crippen LogP contribution < -0.4 is 0 Å². The number of carbonyl (C=O) groups is 2. The van der Waals surface area contributed by atoms with Gasteiger partial charge in [-0.1, -0.05) is 13.0 Å². The zero-order valence-electron chi connectivity index (χ0n) is 15.4. The molecule has 4 nitrogen and oxygen atoms in total. The molecule has 0 aliphatic heterocycles. The smallest absolute Gasteiger partial charge is 0.303 e. The molecule has 3 aliphatic rings. The molecular formula is C22H28O4. The second kappa shape index (κ2) is 6.40. The van der Waals surface area contributed by atoms with Crippen molar-refractivity contribution in [2.75, 3.05) is 0 Å². The number of Topliss-reactive ketones (excluding diaryl/α,β-unsaturated/α-hetero) is 1. The van der Waals surface area contributed by atoms with Crippen LogP contribution in [0.3, 0.4) is 0 Å². The van der Waals surface area contributed by atoms with E-state index in [1.54, 1.807) is 6.07 Å². The molecule has 0 bridgehead atoms. The molecule has 0 spiro atoms. The minimum absolute atomic E-state index is 0.199. The number of rotatable bonds is 4. The molecular weight excluding hydrogens is 328 g/mol. The summed E-state index contributed by atoms with van der Waals surface area (Å²) in [5.74, 6) is 1.69. The first-order valence-electron chi connectivity index (χ1n) is 9.97. The van der Waals surface area contributed by atoms with Gasteiger partial charge in [-0.05, 0) is 85.5 Å². The summed E-state index contributed by atoms with van der Waals surface area (Å²) in [5.41, 5.74) is 2.41. The van der Waals surface area contributed by atoms with E-state index in [1.165, 1.54) is 11.1 Å². The van der Waals surface area contributed by atoms with Crippen LogP contribution in [0.5, 0.6) is 5.75 Å². The van der Waals surface area contributed by atoms with E-state index in [9.17, 15) is 14.7 Å². The number of hydrogen-bond acceptors (Lipinski definition) is 3. The van der Waals surface area contributed by atoms with Gasteiger partial charge in [0, 0.05) is 18.3 Å². The Morgan fingerprint density at radius 1 is 1.31 bits per heavy atom. The van der Waals surface area contributed by atoms with E-state index < -0.39 is 5.97 Å². The molecule has 4 rings (SSSR count). The fourth-order valence-electron chi connectivity index (χ4n) is 6.41. The van der Waals surface area contributed by atoms with Crippen molar-refractivity contribution in [2.24, 2.45) is 23.2 Å². The zero-order valence-corrected chi connectivity index (χ0v) is 15.4. The van der Waals surface area contributed by atoms with Crippen molar-refractivity contribution in [3.05, 3.63) is 29.3 Å². The number of carboxylic acid groups (broad SMARTS) is 1. The molecule has 1 unspecified atom stereocenters. The van der Waals surface area contributed by atoms with Crippen LogP contribution in [0.4, 0.5) is 0 Å². The number of phenols is 1. The van der Waals surface area contributed by atoms with E-state index in [2.05, 4.69) is 13.0 Å². The molecule has 1 aromatic carbocycles. The summed E-state index contributed by atoms with van der Waals surface area (Å²) in [6, 6.07) is 5.78. The Hall–Kier alpha value is -1.84. The van der Waals surface area contributed by atoms with Crippen LogP contribution in [0.2, 0.25) is 0 Å². The van der Waals surface area contributed by atoms with Crippen LogP contribution in [0.25, 0.3) is 0 Å². The molecule has 26 heavy (non-hydrogen) atoms. The average Bonchev–Trinajstić information content (AvgIpc) is 2.85. The molecule has 0 radical (unpaired) electrons. The normalized spacial score (nSPS) is 35.5. The highest BCUT2D eigenvalue weighted by molar-refractivity contribution is 5.87. The molecule has 4 heteroatoms. The first-order chi connectivity index (χ1) is 12.4. The van der Waals surface area contributed by atoms with Crippen LogP contribution >= 0.6 is 0 Å². The summed E-state index contributed by atoms with van der Waals surface area (Å²) in [6.07, 6.45) is 6.37. The van der Waals surface area contributed by atoms with Gasteiger partial charge in [0.25, 0.3) is 0 Å². The van der Waals surface area contributed by atoms with Crippen LogP contribution in [0.15, 0.2) is 18.2 Å². The molecule has 0 amide bonds. The largest absolute Gasteiger partial charge is 0.508 e. The average molecular weight is 356 g/mol. The minimum atomic E-state index is -0.745. The number of carbonyl (C=O) groups excluding carboxylic acids is 1. The standard InChI is InChI=1S/C22H28O4/c1-22-10-9-17-16-8-6-15(23)11-13(16)5-7-18(17)21(22)14(12-19(22)24)3-2-4-20(25)26/h6,8,11,14,17-18,21,23H,2-5,7,9-10,12H2,1H3,(H,25,26)/t14?,17-,18-,21+,22-/m1/s1. The quantitative estimate of drug-likeness (QED) is 0.843. The Morgan fingerprint density at radius 2 is 2.12 bits per heavy atom. The third kappa shape index (κ3) is 2.74. The third-order valence-corrected chi connectivity index (χ3v) is 7.52. The van der Waals surface area contributed by atoms with Crippen LogP contribution in [0, 0.1) is 23.2 Å². The first kappa shape index (κ1) is 17.6. The maximum atomic E-state index is 12.9. The second-order valence-corrected chi connectivity index (χ2v) is 8.85. The molecule has 2 N–H and O–H groups in total. The molecule has 2 saturated carbocycles. The lowest BCUT2D eigenvalue weighted by Crippen LogP contribution is -2.44. The fraction of sp³-hybridized carbons (Fsp3) is 0.636. The summed E-state index contributed by atoms with van der Waals surface area (Å²) >= 11 is 0. The highest BCUT2D eigenvalue weighted by Gasteiger charge is 2.58. The molecule has 140 valence electrons. The van der Waals surface area contributed by atoms with E-state index in [-0.39, 0.29) is 11.8 Å². The molecule has 0 heterocycles. The number of carboxylic acids is 1. The predicted molar refractivity (Wildman–Crippen MR) is 98.1 cm³/mol. The molecule has 0 saturated heterocycles. The number of aryl methyl sites for hydroxylation is 1. The maximum Gasteiger partial charge on any atom is 0.303 e. The number of aliphatic carboxylic acids is 1. The summed E-state index contributed by atoms with van der Waals surface area (Å²) in [7, 11) is 0. The molecule has 2 fully saturated rings. The van der Waals surface area contributed by atoms with E-state index >= 15 is 0 Å². The molecule has 0 aromatic heterocycles. The second-order valence-electron chi connectivity index (χ2n) is 8.85. The number of fused-ring (bicyclic) bond motifs is 5. The van der Waals surface area contributed by atoms with Gasteiger partial charge in [-0.3, -0.25) is 9.59 Å². The Labute approximate surface area is 154 Å². The van der Waals surface area contributed by atoms with E-state index in [1.807, 2.05) is 6.07 Å². The number of benzene rings is 1. The first-order valence-corrected chi connectivity index (χ1v) is 9.97. The topological polar surface area (TPSA) is 74.6 Å². The van der Waals surface area contributed by atoms with Crippen molar-refractivity contribution in [3.8, 4) is 5.75 Å². The summed E-state index contributed by atoms with van der Waals surface area (Å²) < 4.78 is 0. The summed E-state index contributed by atoms with van der Waals surface area (Å²) in [5, 5.41) is 18.8. The molecule has 1 aromatic rings. The van der Waals surface area contributed by atoms with Gasteiger partial charge in [0.1, 0.15) is 11.5 Å². The van der Waals surface area contributed by atoms with Gasteiger partial charge in [-0.25, -0.2) is 0 Å². The van der Waals surface area contributed by atoms with Crippen molar-refractivity contribution < 1.29 is 19.8 Å². The SMILES string of the molecule is C[C@]12CC[C@@H]3c4ccc(O)cc4CC[C@H]3[C@@H]1C(CCCC(=O)O)CC2=O. The van der Waals surface area contributed by atoms with Crippen LogP contribution in [-0.4, -0.2) is 22.0 Å². The van der Waals surface area contributed by atoms with Gasteiger partial charge in [-0.15, -0.1) is 0 Å². The maximum absolute atomic E-state index is 12.9. The lowest BCUT2D eigenvalue weighted by Gasteiger charge is -2.50. The third-order valence-electron chi connectivity index (χ3n) is 7.52. The van der Waals surface area contributed by atoms with Crippen LogP contribution in [-0.2, 0) is 16.0 Å². The molecule has 3 aliphatic carbocycles. The highest BCUT2D eigenvalue weighted by Crippen LogP contribution is 2.62. The van der Waals surface area contributed by atoms with E-state index in [4.69, 9.17) is 5.11 Å². The lowest BCUT2D eigenvalue weighted by atomic mass is 9.54. The van der Waals surface area contributed by atoms with Gasteiger partial charge >= 0.3 is 5.97 Å². The molecule has 5 atom stereocenters. The minimum Gasteiger partial charge on any atom is -0.508 e. The predicted octanol–water partition coefficient (Wildman–Crippen LogP) is 4.30. The monoisotopic (exact) mass is 356 g/mol. The Balaban J connectivity index is 1.61. The zero-order chi connectivity index (χ0) is 18.5. The van der Waals surface area contributed by atoms with Gasteiger partial charge in [-0.2, -0.15) is 0 Å². The lowest BCUT2D eigenvalue weighted by molar-refractivity contribution is -0.137. The van der Waals surface area contributed by atoms with Crippen molar-refractivity contribution in [1.82, 2.24) is 0 Å². The summed E-state index contributed by atoms with van der Waals surface area (Å²) in [4.78, 5) is 23.7. The summed E-state index contributed by atoms with van der Waals surface area (Å²) in [6.45, 7) is 2.17. The van der Waals surface area contributed by atoms with E-state index in [0.29, 0.717) is 48.0 Å². The number of hydrogen-bond donors (Lipinski definition) is 2. The van der Waals surface area contributed by atoms with E-state index in [0.717, 1.165) is 32.1 Å². The number of phenolic OH excluding ortho intramolecular Hbond substituents is 1. The van der Waals surface area contributed by atoms with Crippen molar-refractivity contribution in [3.63, 3.8) is 0 Å². The Bertz CT molecular complexity index is 740. The Kier molecular flexibility index (Phi) is 4.32. The highest BCUT2D eigenvalue weighted by atomic mass is 16.4.